The fraction of sp³-hybridized carbons (Fsp3) is 1.00. The van der Waals surface area contributed by atoms with Crippen molar-refractivity contribution in [1.29, 1.82) is 0 Å². The van der Waals surface area contributed by atoms with E-state index in [-0.39, 0.29) is 37.7 Å². The molecule has 0 unspecified atom stereocenters. The Bertz CT molecular complexity index is 141. The monoisotopic (exact) mass is 178 g/mol. The predicted octanol–water partition coefficient (Wildman–Crippen LogP) is -6.64. The first kappa shape index (κ1) is 18.0. The molecule has 0 aliphatic heterocycles. The molecule has 0 rings (SSSR count). The molecule has 0 saturated carbocycles. The third-order valence-corrected chi connectivity index (χ3v) is 0.646. The molecule has 11 heavy (non-hydrogen) atoms. The molecule has 0 saturated heterocycles. The molecule has 0 spiro atoms. The summed E-state index contributed by atoms with van der Waals surface area (Å²) in [6.07, 6.45) is -5.40. The number of phosphoric acid groups is 1. The number of rotatable bonds is 1. The molecule has 0 aromatic rings. The van der Waals surface area contributed by atoms with Gasteiger partial charge in [0.05, 0.1) is 7.82 Å². The Balaban J connectivity index is -0.000000320. The van der Waals surface area contributed by atoms with Gasteiger partial charge in [0.1, 0.15) is 0 Å². The van der Waals surface area contributed by atoms with E-state index in [1.807, 2.05) is 0 Å². The first-order valence-electron chi connectivity index (χ1n) is 1.50. The number of hydrogen-bond donors (Lipinski definition) is 0. The Morgan fingerprint density at radius 2 is 1.45 bits per heavy atom. The molecule has 0 heterocycles. The van der Waals surface area contributed by atoms with Crippen molar-refractivity contribution in [2.45, 2.75) is 6.36 Å². The van der Waals surface area contributed by atoms with Crippen LogP contribution in [0.1, 0.15) is 0 Å². The Kier molecular flexibility index (Phi) is 9.31. The van der Waals surface area contributed by atoms with Gasteiger partial charge in [0, 0.05) is 0 Å². The molecule has 0 aliphatic carbocycles. The summed E-state index contributed by atoms with van der Waals surface area (Å²) in [5.74, 6) is 0. The smallest absolute Gasteiger partial charge is 0.790 e. The quantitative estimate of drug-likeness (QED) is 0.295. The van der Waals surface area contributed by atoms with Crippen molar-refractivity contribution in [2.75, 3.05) is 0 Å². The van der Waals surface area contributed by atoms with Crippen LogP contribution in [-0.2, 0) is 9.09 Å². The summed E-state index contributed by atoms with van der Waals surface area (Å²) in [6, 6.07) is 0. The molecule has 0 bridgehead atoms. The minimum Gasteiger partial charge on any atom is -0.790 e. The fourth-order valence-corrected chi connectivity index (χ4v) is 0.380. The predicted molar refractivity (Wildman–Crippen MR) is 14.7 cm³/mol. The summed E-state index contributed by atoms with van der Waals surface area (Å²) in [7, 11) is -5.91. The van der Waals surface area contributed by atoms with Crippen LogP contribution in [0, 0.1) is 0 Å². The first-order chi connectivity index (χ1) is 3.71. The zero-order chi connectivity index (χ0) is 7.71. The number of alkyl halides is 3. The van der Waals surface area contributed by atoms with Crippen LogP contribution in [0.15, 0.2) is 0 Å². The zero-order valence-electron chi connectivity index (χ0n) is 5.71. The van der Waals surface area contributed by atoms with Crippen LogP contribution in [-0.4, -0.2) is 6.36 Å². The van der Waals surface area contributed by atoms with Crippen LogP contribution in [0.5, 0.6) is 0 Å². The van der Waals surface area contributed by atoms with E-state index in [1.165, 1.54) is 0 Å². The maximum absolute atomic E-state index is 10.8. The van der Waals surface area contributed by atoms with Crippen LogP contribution in [0.3, 0.4) is 0 Å². The van der Waals surface area contributed by atoms with Crippen LogP contribution in [0.25, 0.3) is 0 Å². The second kappa shape index (κ2) is 5.69. The van der Waals surface area contributed by atoms with Gasteiger partial charge in [-0.15, -0.1) is 13.2 Å². The SMILES string of the molecule is O=P([O-])([O-])OC(F)(F)F.[Li+].[Li+]. The Hall–Kier alpha value is 1.09. The molecule has 0 atom stereocenters. The summed E-state index contributed by atoms with van der Waals surface area (Å²) >= 11 is 0. The number of halogens is 3. The molecule has 0 fully saturated rings. The van der Waals surface area contributed by atoms with E-state index in [9.17, 15) is 27.5 Å². The minimum atomic E-state index is -5.91. The molecule has 0 aliphatic rings. The maximum atomic E-state index is 10.8. The Morgan fingerprint density at radius 3 is 1.45 bits per heavy atom. The van der Waals surface area contributed by atoms with E-state index in [0.717, 1.165) is 0 Å². The maximum Gasteiger partial charge on any atom is 1.00 e. The van der Waals surface area contributed by atoms with E-state index in [2.05, 4.69) is 4.52 Å². The van der Waals surface area contributed by atoms with Crippen molar-refractivity contribution in [2.24, 2.45) is 0 Å². The van der Waals surface area contributed by atoms with Gasteiger partial charge >= 0.3 is 44.1 Å². The average molecular weight is 178 g/mol. The summed E-state index contributed by atoms with van der Waals surface area (Å²) in [5, 5.41) is 0. The largest absolute Gasteiger partial charge is 1.00 e. The van der Waals surface area contributed by atoms with Crippen LogP contribution in [0.2, 0.25) is 0 Å². The molecular weight excluding hydrogens is 178 g/mol. The molecule has 0 aromatic heterocycles. The topological polar surface area (TPSA) is 72.4 Å². The van der Waals surface area contributed by atoms with Crippen molar-refractivity contribution in [1.82, 2.24) is 0 Å². The van der Waals surface area contributed by atoms with Crippen molar-refractivity contribution in [3.05, 3.63) is 0 Å². The van der Waals surface area contributed by atoms with E-state index < -0.39 is 14.2 Å². The molecule has 56 valence electrons. The Labute approximate surface area is 84.1 Å². The second-order valence-electron chi connectivity index (χ2n) is 0.984. The summed E-state index contributed by atoms with van der Waals surface area (Å²) in [4.78, 5) is 18.4. The molecular formula is CF3Li2O4P. The standard InChI is InChI=1S/CH2F3O4P.2Li/c2-1(3,4)8-9(5,6)7;;/h(H2,5,6,7);;/q;2*+1/p-2. The fourth-order valence-electron chi connectivity index (χ4n) is 0.127. The van der Waals surface area contributed by atoms with E-state index in [4.69, 9.17) is 0 Å². The van der Waals surface area contributed by atoms with Crippen molar-refractivity contribution in [3.63, 3.8) is 0 Å². The normalized spacial score (nSPS) is 11.4. The van der Waals surface area contributed by atoms with Gasteiger partial charge in [0.15, 0.2) is 0 Å². The summed E-state index contributed by atoms with van der Waals surface area (Å²) < 4.78 is 43.5. The van der Waals surface area contributed by atoms with Crippen LogP contribution in [0.4, 0.5) is 13.2 Å². The summed E-state index contributed by atoms with van der Waals surface area (Å²) in [6.45, 7) is 0. The number of hydrogen-bond acceptors (Lipinski definition) is 4. The van der Waals surface area contributed by atoms with Gasteiger partial charge < -0.3 is 14.4 Å². The molecule has 0 amide bonds. The third-order valence-electron chi connectivity index (χ3n) is 0.215. The van der Waals surface area contributed by atoms with Gasteiger partial charge in [-0.05, 0) is 0 Å². The van der Waals surface area contributed by atoms with Gasteiger partial charge in [-0.2, -0.15) is 0 Å². The van der Waals surface area contributed by atoms with Gasteiger partial charge in [-0.3, -0.25) is 4.52 Å². The molecule has 0 aromatic carbocycles. The minimum absolute atomic E-state index is 0. The molecule has 10 heteroatoms. The first-order valence-corrected chi connectivity index (χ1v) is 2.96. The van der Waals surface area contributed by atoms with Crippen molar-refractivity contribution < 1.29 is 69.8 Å². The van der Waals surface area contributed by atoms with E-state index >= 15 is 0 Å². The second-order valence-corrected chi connectivity index (χ2v) is 2.06. The van der Waals surface area contributed by atoms with E-state index in [0.29, 0.717) is 0 Å². The van der Waals surface area contributed by atoms with Crippen molar-refractivity contribution in [3.8, 4) is 0 Å². The molecule has 0 N–H and O–H groups in total. The number of phosphoric ester groups is 1. The molecule has 0 radical (unpaired) electrons. The van der Waals surface area contributed by atoms with Gasteiger partial charge in [0.2, 0.25) is 0 Å². The summed E-state index contributed by atoms with van der Waals surface area (Å²) in [5.41, 5.74) is 0. The van der Waals surface area contributed by atoms with E-state index in [1.54, 1.807) is 0 Å². The zero-order valence-corrected chi connectivity index (χ0v) is 6.61. The van der Waals surface area contributed by atoms with Crippen LogP contribution >= 0.6 is 7.82 Å². The van der Waals surface area contributed by atoms with Gasteiger partial charge in [0.25, 0.3) is 0 Å². The van der Waals surface area contributed by atoms with Crippen molar-refractivity contribution >= 4 is 7.82 Å². The van der Waals surface area contributed by atoms with Gasteiger partial charge in [-0.25, -0.2) is 0 Å². The molecule has 4 nitrogen and oxygen atoms in total. The third kappa shape index (κ3) is 18.2. The average Bonchev–Trinajstić information content (AvgIpc) is 1.14. The Morgan fingerprint density at radius 1 is 1.18 bits per heavy atom. The van der Waals surface area contributed by atoms with Crippen LogP contribution < -0.4 is 47.5 Å². The van der Waals surface area contributed by atoms with Gasteiger partial charge in [-0.1, -0.05) is 0 Å².